The van der Waals surface area contributed by atoms with Gasteiger partial charge in [-0.2, -0.15) is 0 Å². The molecule has 1 N–H and O–H groups in total. The van der Waals surface area contributed by atoms with Gasteiger partial charge in [0.1, 0.15) is 10.6 Å². The van der Waals surface area contributed by atoms with E-state index in [1.165, 1.54) is 21.3 Å². The lowest BCUT2D eigenvalue weighted by atomic mass is 10.1. The van der Waals surface area contributed by atoms with Crippen molar-refractivity contribution in [1.29, 1.82) is 0 Å². The highest BCUT2D eigenvalue weighted by molar-refractivity contribution is 7.13. The quantitative estimate of drug-likeness (QED) is 0.752. The molecule has 3 rings (SSSR count). The zero-order valence-electron chi connectivity index (χ0n) is 13.4. The van der Waals surface area contributed by atoms with Gasteiger partial charge in [0, 0.05) is 22.5 Å². The van der Waals surface area contributed by atoms with Gasteiger partial charge in [0.05, 0.1) is 5.52 Å². The molecule has 0 spiro atoms. The molecule has 24 heavy (non-hydrogen) atoms. The van der Waals surface area contributed by atoms with Crippen molar-refractivity contribution in [3.8, 4) is 10.6 Å². The summed E-state index contributed by atoms with van der Waals surface area (Å²) in [7, 11) is 0. The Morgan fingerprint density at radius 3 is 2.62 bits per heavy atom. The molecule has 0 saturated heterocycles. The molecule has 0 aliphatic carbocycles. The molecule has 3 aromatic rings. The van der Waals surface area contributed by atoms with Crippen LogP contribution in [0.3, 0.4) is 0 Å². The Bertz CT molecular complexity index is 934. The van der Waals surface area contributed by atoms with E-state index in [-0.39, 0.29) is 5.69 Å². The predicted octanol–water partition coefficient (Wildman–Crippen LogP) is 4.25. The molecule has 2 heterocycles. The number of hydrogen-bond donors (Lipinski definition) is 1. The number of nitrogens with zero attached hydrogens (tertiary/aromatic N) is 2. The van der Waals surface area contributed by atoms with Crippen LogP contribution in [0.25, 0.3) is 21.5 Å². The number of carbonyl (C=O) groups is 2. The number of benzene rings is 1. The lowest BCUT2D eigenvalue weighted by molar-refractivity contribution is 0.0543. The summed E-state index contributed by atoms with van der Waals surface area (Å²) in [5.74, 6) is -1.05. The van der Waals surface area contributed by atoms with Gasteiger partial charge in [-0.1, -0.05) is 0 Å². The maximum atomic E-state index is 12.2. The van der Waals surface area contributed by atoms with Crippen LogP contribution in [0.15, 0.2) is 35.8 Å². The van der Waals surface area contributed by atoms with Gasteiger partial charge in [0.25, 0.3) is 0 Å². The Balaban J connectivity index is 1.96. The van der Waals surface area contributed by atoms with Crippen molar-refractivity contribution in [2.75, 3.05) is 0 Å². The Morgan fingerprint density at radius 2 is 2.00 bits per heavy atom. The third-order valence-corrected chi connectivity index (χ3v) is 4.14. The van der Waals surface area contributed by atoms with Gasteiger partial charge in [0.15, 0.2) is 5.69 Å². The first kappa shape index (κ1) is 16.2. The Labute approximate surface area is 142 Å². The van der Waals surface area contributed by atoms with E-state index in [9.17, 15) is 9.59 Å². The number of aromatic nitrogens is 2. The summed E-state index contributed by atoms with van der Waals surface area (Å²) in [4.78, 5) is 27.3. The van der Waals surface area contributed by atoms with E-state index < -0.39 is 17.7 Å². The fourth-order valence-electron chi connectivity index (χ4n) is 2.25. The summed E-state index contributed by atoms with van der Waals surface area (Å²) in [6, 6.07) is 7.30. The molecular weight excluding hydrogens is 328 g/mol. The maximum Gasteiger partial charge on any atom is 0.418 e. The number of rotatable bonds is 2. The first-order chi connectivity index (χ1) is 11.2. The lowest BCUT2D eigenvalue weighted by Crippen LogP contribution is -2.26. The Morgan fingerprint density at radius 1 is 1.25 bits per heavy atom. The second kappa shape index (κ2) is 5.76. The summed E-state index contributed by atoms with van der Waals surface area (Å²) in [6.07, 6.45) is 1.22. The van der Waals surface area contributed by atoms with E-state index in [4.69, 9.17) is 9.84 Å². The monoisotopic (exact) mass is 344 g/mol. The average Bonchev–Trinajstić information content (AvgIpc) is 3.12. The van der Waals surface area contributed by atoms with Crippen LogP contribution >= 0.6 is 11.3 Å². The largest absolute Gasteiger partial charge is 0.476 e. The number of carboxylic acids is 1. The molecule has 0 bridgehead atoms. The fraction of sp³-hybridized carbons (Fsp3) is 0.235. The minimum absolute atomic E-state index is 0.0291. The number of thiazole rings is 1. The van der Waals surface area contributed by atoms with Crippen molar-refractivity contribution in [2.24, 2.45) is 0 Å². The second-order valence-electron chi connectivity index (χ2n) is 6.28. The van der Waals surface area contributed by atoms with E-state index >= 15 is 0 Å². The molecule has 0 radical (unpaired) electrons. The average molecular weight is 344 g/mol. The number of carbonyl (C=O) groups excluding carboxylic acids is 1. The van der Waals surface area contributed by atoms with Gasteiger partial charge >= 0.3 is 12.1 Å². The molecule has 0 aliphatic rings. The van der Waals surface area contributed by atoms with Crippen LogP contribution < -0.4 is 0 Å². The molecule has 7 heteroatoms. The van der Waals surface area contributed by atoms with Crippen LogP contribution in [0.4, 0.5) is 4.79 Å². The van der Waals surface area contributed by atoms with E-state index in [0.29, 0.717) is 5.01 Å². The molecular formula is C17H16N2O4S. The van der Waals surface area contributed by atoms with Gasteiger partial charge in [-0.15, -0.1) is 11.3 Å². The normalized spacial score (nSPS) is 11.6. The number of aromatic carboxylic acids is 1. The van der Waals surface area contributed by atoms with E-state index in [1.54, 1.807) is 12.3 Å². The van der Waals surface area contributed by atoms with Crippen LogP contribution in [0.2, 0.25) is 0 Å². The Kier molecular flexibility index (Phi) is 3.88. The minimum atomic E-state index is -1.05. The highest BCUT2D eigenvalue weighted by Crippen LogP contribution is 2.28. The van der Waals surface area contributed by atoms with Crippen LogP contribution in [0.1, 0.15) is 31.3 Å². The number of hydrogen-bond acceptors (Lipinski definition) is 5. The van der Waals surface area contributed by atoms with E-state index in [2.05, 4.69) is 4.98 Å². The lowest BCUT2D eigenvalue weighted by Gasteiger charge is -2.19. The van der Waals surface area contributed by atoms with Crippen molar-refractivity contribution in [1.82, 2.24) is 9.55 Å². The molecule has 6 nitrogen and oxygen atoms in total. The van der Waals surface area contributed by atoms with Crippen LogP contribution in [0.5, 0.6) is 0 Å². The van der Waals surface area contributed by atoms with Crippen molar-refractivity contribution in [3.63, 3.8) is 0 Å². The SMILES string of the molecule is CC(C)(C)OC(=O)n1ccc2cc(-c3nc(C(=O)O)cs3)ccc21. The molecule has 124 valence electrons. The molecule has 0 saturated carbocycles. The van der Waals surface area contributed by atoms with Gasteiger partial charge in [-0.3, -0.25) is 4.57 Å². The molecule has 0 unspecified atom stereocenters. The van der Waals surface area contributed by atoms with E-state index in [0.717, 1.165) is 16.5 Å². The minimum Gasteiger partial charge on any atom is -0.476 e. The summed E-state index contributed by atoms with van der Waals surface area (Å²) in [5, 5.41) is 11.9. The van der Waals surface area contributed by atoms with E-state index in [1.807, 2.05) is 39.0 Å². The maximum absolute atomic E-state index is 12.2. The zero-order chi connectivity index (χ0) is 17.5. The van der Waals surface area contributed by atoms with Crippen molar-refractivity contribution in [3.05, 3.63) is 41.5 Å². The topological polar surface area (TPSA) is 81.4 Å². The van der Waals surface area contributed by atoms with Crippen molar-refractivity contribution >= 4 is 34.3 Å². The van der Waals surface area contributed by atoms with Crippen molar-refractivity contribution in [2.45, 2.75) is 26.4 Å². The summed E-state index contributed by atoms with van der Waals surface area (Å²) < 4.78 is 6.84. The second-order valence-corrected chi connectivity index (χ2v) is 7.14. The Hall–Kier alpha value is -2.67. The third-order valence-electron chi connectivity index (χ3n) is 3.25. The summed E-state index contributed by atoms with van der Waals surface area (Å²) in [5.41, 5.74) is 0.994. The number of fused-ring (bicyclic) bond motifs is 1. The standard InChI is InChI=1S/C17H16N2O4S/c1-17(2,3)23-16(22)19-7-6-10-8-11(4-5-13(10)19)14-18-12(9-24-14)15(20)21/h4-9H,1-3H3,(H,20,21). The molecule has 0 fully saturated rings. The van der Waals surface area contributed by atoms with Crippen LogP contribution in [0, 0.1) is 0 Å². The predicted molar refractivity (Wildman–Crippen MR) is 91.6 cm³/mol. The van der Waals surface area contributed by atoms with Crippen LogP contribution in [-0.4, -0.2) is 32.3 Å². The smallest absolute Gasteiger partial charge is 0.418 e. The highest BCUT2D eigenvalue weighted by atomic mass is 32.1. The van der Waals surface area contributed by atoms with Gasteiger partial charge in [-0.05, 0) is 45.0 Å². The molecule has 0 atom stereocenters. The third kappa shape index (κ3) is 3.16. The number of ether oxygens (including phenoxy) is 1. The summed E-state index contributed by atoms with van der Waals surface area (Å²) >= 11 is 1.27. The molecule has 2 aromatic heterocycles. The van der Waals surface area contributed by atoms with Gasteiger partial charge < -0.3 is 9.84 Å². The highest BCUT2D eigenvalue weighted by Gasteiger charge is 2.19. The van der Waals surface area contributed by atoms with Gasteiger partial charge in [-0.25, -0.2) is 14.6 Å². The summed E-state index contributed by atoms with van der Waals surface area (Å²) in [6.45, 7) is 5.45. The van der Waals surface area contributed by atoms with Crippen molar-refractivity contribution < 1.29 is 19.4 Å². The molecule has 1 aromatic carbocycles. The van der Waals surface area contributed by atoms with Crippen LogP contribution in [-0.2, 0) is 4.74 Å². The molecule has 0 amide bonds. The first-order valence-corrected chi connectivity index (χ1v) is 8.16. The zero-order valence-corrected chi connectivity index (χ0v) is 14.3. The number of carboxylic acid groups (broad SMARTS) is 1. The fourth-order valence-corrected chi connectivity index (χ4v) is 3.04. The first-order valence-electron chi connectivity index (χ1n) is 7.28. The molecule has 0 aliphatic heterocycles. The van der Waals surface area contributed by atoms with Gasteiger partial charge in [0.2, 0.25) is 0 Å².